The second-order valence-corrected chi connectivity index (χ2v) is 5.59. The lowest BCUT2D eigenvalue weighted by Gasteiger charge is -2.15. The van der Waals surface area contributed by atoms with E-state index in [1.165, 1.54) is 5.56 Å². The summed E-state index contributed by atoms with van der Waals surface area (Å²) in [5.41, 5.74) is 1.21. The average molecular weight is 265 g/mol. The normalized spacial score (nSPS) is 13.0. The highest BCUT2D eigenvalue weighted by molar-refractivity contribution is 5.28. The predicted molar refractivity (Wildman–Crippen MR) is 79.4 cm³/mol. The molecule has 1 aromatic rings. The molecule has 1 rings (SSSR count). The predicted octanol–water partition coefficient (Wildman–Crippen LogP) is 2.97. The largest absolute Gasteiger partial charge is 0.491 e. The summed E-state index contributed by atoms with van der Waals surface area (Å²) in [5, 5.41) is 13.1. The van der Waals surface area contributed by atoms with Crippen LogP contribution >= 0.6 is 0 Å². The molecule has 2 N–H and O–H groups in total. The van der Waals surface area contributed by atoms with Gasteiger partial charge >= 0.3 is 0 Å². The highest BCUT2D eigenvalue weighted by Gasteiger charge is 2.07. The Morgan fingerprint density at radius 1 is 1.21 bits per heavy atom. The Hall–Kier alpha value is -1.06. The Morgan fingerprint density at radius 2 is 1.95 bits per heavy atom. The van der Waals surface area contributed by atoms with Gasteiger partial charge in [0.25, 0.3) is 0 Å². The van der Waals surface area contributed by atoms with E-state index < -0.39 is 0 Å². The number of nitrogens with one attached hydrogen (secondary N) is 1. The Morgan fingerprint density at radius 3 is 2.58 bits per heavy atom. The minimum Gasteiger partial charge on any atom is -0.491 e. The van der Waals surface area contributed by atoms with Crippen molar-refractivity contribution in [3.63, 3.8) is 0 Å². The quantitative estimate of drug-likeness (QED) is 0.710. The van der Waals surface area contributed by atoms with Crippen molar-refractivity contribution in [2.45, 2.75) is 52.9 Å². The van der Waals surface area contributed by atoms with Gasteiger partial charge < -0.3 is 15.2 Å². The third-order valence-electron chi connectivity index (χ3n) is 2.99. The number of aliphatic hydroxyl groups is 1. The fraction of sp³-hybridized carbons (Fsp3) is 0.625. The van der Waals surface area contributed by atoms with Gasteiger partial charge in [0.1, 0.15) is 5.75 Å². The van der Waals surface area contributed by atoms with Gasteiger partial charge in [0, 0.05) is 6.54 Å². The highest BCUT2D eigenvalue weighted by Crippen LogP contribution is 2.14. The molecule has 3 nitrogen and oxygen atoms in total. The van der Waals surface area contributed by atoms with Gasteiger partial charge in [-0.25, -0.2) is 0 Å². The number of hydrogen-bond acceptors (Lipinski definition) is 3. The van der Waals surface area contributed by atoms with Crippen molar-refractivity contribution in [3.8, 4) is 5.75 Å². The van der Waals surface area contributed by atoms with Crippen molar-refractivity contribution in [2.24, 2.45) is 5.92 Å². The smallest absolute Gasteiger partial charge is 0.120 e. The van der Waals surface area contributed by atoms with E-state index in [1.54, 1.807) is 0 Å². The van der Waals surface area contributed by atoms with Gasteiger partial charge in [-0.3, -0.25) is 0 Å². The SMILES string of the molecule is CC(C)Oc1cccc(CNCCC(O)C(C)C)c1. The van der Waals surface area contributed by atoms with Gasteiger partial charge in [-0.15, -0.1) is 0 Å². The van der Waals surface area contributed by atoms with E-state index in [0.717, 1.165) is 25.3 Å². The molecule has 0 radical (unpaired) electrons. The topological polar surface area (TPSA) is 41.5 Å². The third kappa shape index (κ3) is 6.60. The van der Waals surface area contributed by atoms with Crippen LogP contribution in [-0.4, -0.2) is 23.9 Å². The van der Waals surface area contributed by atoms with Crippen molar-refractivity contribution in [3.05, 3.63) is 29.8 Å². The molecule has 3 heteroatoms. The van der Waals surface area contributed by atoms with Crippen LogP contribution < -0.4 is 10.1 Å². The summed E-state index contributed by atoms with van der Waals surface area (Å²) in [6.45, 7) is 9.76. The van der Waals surface area contributed by atoms with Crippen LogP contribution in [0.2, 0.25) is 0 Å². The van der Waals surface area contributed by atoms with Gasteiger partial charge in [0.05, 0.1) is 12.2 Å². The van der Waals surface area contributed by atoms with E-state index in [0.29, 0.717) is 5.92 Å². The fourth-order valence-corrected chi connectivity index (χ4v) is 1.82. The molecule has 0 saturated heterocycles. The summed E-state index contributed by atoms with van der Waals surface area (Å²) < 4.78 is 5.66. The third-order valence-corrected chi connectivity index (χ3v) is 2.99. The zero-order valence-electron chi connectivity index (χ0n) is 12.5. The molecule has 19 heavy (non-hydrogen) atoms. The number of rotatable bonds is 8. The summed E-state index contributed by atoms with van der Waals surface area (Å²) in [5.74, 6) is 1.24. The Balaban J connectivity index is 2.33. The Bertz CT molecular complexity index is 364. The fourth-order valence-electron chi connectivity index (χ4n) is 1.82. The molecular formula is C16H27NO2. The molecule has 0 bridgehead atoms. The second-order valence-electron chi connectivity index (χ2n) is 5.59. The molecular weight excluding hydrogens is 238 g/mol. The average Bonchev–Trinajstić information content (AvgIpc) is 2.34. The molecule has 0 fully saturated rings. The monoisotopic (exact) mass is 265 g/mol. The van der Waals surface area contributed by atoms with E-state index in [-0.39, 0.29) is 12.2 Å². The Labute approximate surface area is 117 Å². The first kappa shape index (κ1) is 16.0. The lowest BCUT2D eigenvalue weighted by Crippen LogP contribution is -2.23. The maximum atomic E-state index is 9.71. The number of aliphatic hydroxyl groups excluding tert-OH is 1. The molecule has 0 spiro atoms. The zero-order chi connectivity index (χ0) is 14.3. The van der Waals surface area contributed by atoms with Crippen LogP contribution in [0.25, 0.3) is 0 Å². The molecule has 0 saturated carbocycles. The van der Waals surface area contributed by atoms with Crippen LogP contribution in [0.15, 0.2) is 24.3 Å². The maximum absolute atomic E-state index is 9.71. The van der Waals surface area contributed by atoms with Gasteiger partial charge in [0.2, 0.25) is 0 Å². The standard InChI is InChI=1S/C16H27NO2/c1-12(2)16(18)8-9-17-11-14-6-5-7-15(10-14)19-13(3)4/h5-7,10,12-13,16-18H,8-9,11H2,1-4H3. The lowest BCUT2D eigenvalue weighted by atomic mass is 10.0. The summed E-state index contributed by atoms with van der Waals surface area (Å²) in [6.07, 6.45) is 0.771. The van der Waals surface area contributed by atoms with Gasteiger partial charge in [-0.2, -0.15) is 0 Å². The number of benzene rings is 1. The van der Waals surface area contributed by atoms with E-state index in [4.69, 9.17) is 4.74 Å². The first-order valence-corrected chi connectivity index (χ1v) is 7.13. The van der Waals surface area contributed by atoms with E-state index in [9.17, 15) is 5.11 Å². The van der Waals surface area contributed by atoms with E-state index in [2.05, 4.69) is 17.4 Å². The second kappa shape index (κ2) is 8.18. The van der Waals surface area contributed by atoms with Crippen LogP contribution in [0.1, 0.15) is 39.7 Å². The summed E-state index contributed by atoms with van der Waals surface area (Å²) in [7, 11) is 0. The molecule has 0 amide bonds. The molecule has 0 aliphatic rings. The molecule has 0 aliphatic heterocycles. The first-order valence-electron chi connectivity index (χ1n) is 7.13. The molecule has 1 aromatic carbocycles. The van der Waals surface area contributed by atoms with Crippen LogP contribution in [0.3, 0.4) is 0 Å². The summed E-state index contributed by atoms with van der Waals surface area (Å²) >= 11 is 0. The summed E-state index contributed by atoms with van der Waals surface area (Å²) in [6, 6.07) is 8.13. The molecule has 1 atom stereocenters. The van der Waals surface area contributed by atoms with Crippen molar-refractivity contribution in [1.82, 2.24) is 5.32 Å². The van der Waals surface area contributed by atoms with Gasteiger partial charge in [0.15, 0.2) is 0 Å². The maximum Gasteiger partial charge on any atom is 0.120 e. The zero-order valence-corrected chi connectivity index (χ0v) is 12.5. The first-order chi connectivity index (χ1) is 8.99. The molecule has 0 heterocycles. The number of ether oxygens (including phenoxy) is 1. The van der Waals surface area contributed by atoms with Gasteiger partial charge in [-0.1, -0.05) is 26.0 Å². The highest BCUT2D eigenvalue weighted by atomic mass is 16.5. The van der Waals surface area contributed by atoms with Crippen LogP contribution in [0.5, 0.6) is 5.75 Å². The molecule has 0 aliphatic carbocycles. The van der Waals surface area contributed by atoms with Crippen LogP contribution in [-0.2, 0) is 6.54 Å². The van der Waals surface area contributed by atoms with E-state index in [1.807, 2.05) is 39.8 Å². The summed E-state index contributed by atoms with van der Waals surface area (Å²) in [4.78, 5) is 0. The van der Waals surface area contributed by atoms with E-state index >= 15 is 0 Å². The van der Waals surface area contributed by atoms with Crippen molar-refractivity contribution in [1.29, 1.82) is 0 Å². The van der Waals surface area contributed by atoms with Crippen LogP contribution in [0, 0.1) is 5.92 Å². The minimum atomic E-state index is -0.219. The van der Waals surface area contributed by atoms with Crippen molar-refractivity contribution >= 4 is 0 Å². The Kier molecular flexibility index (Phi) is 6.89. The molecule has 108 valence electrons. The minimum absolute atomic E-state index is 0.199. The van der Waals surface area contributed by atoms with Gasteiger partial charge in [-0.05, 0) is 50.4 Å². The molecule has 1 unspecified atom stereocenters. The van der Waals surface area contributed by atoms with Crippen molar-refractivity contribution in [2.75, 3.05) is 6.54 Å². The lowest BCUT2D eigenvalue weighted by molar-refractivity contribution is 0.116. The number of hydrogen-bond donors (Lipinski definition) is 2. The molecule has 0 aromatic heterocycles. The van der Waals surface area contributed by atoms with Crippen LogP contribution in [0.4, 0.5) is 0 Å². The van der Waals surface area contributed by atoms with Crippen molar-refractivity contribution < 1.29 is 9.84 Å².